The van der Waals surface area contributed by atoms with E-state index in [0.29, 0.717) is 0 Å². The number of anilines is 2. The van der Waals surface area contributed by atoms with Crippen molar-refractivity contribution in [2.45, 2.75) is 0 Å². The maximum Gasteiger partial charge on any atom is 0.337 e. The molecule has 8 heteroatoms. The smallest absolute Gasteiger partial charge is 0.337 e. The van der Waals surface area contributed by atoms with Crippen LogP contribution in [0.3, 0.4) is 0 Å². The predicted molar refractivity (Wildman–Crippen MR) is 75.5 cm³/mol. The third-order valence-electron chi connectivity index (χ3n) is 2.49. The number of benzene rings is 2. The summed E-state index contributed by atoms with van der Waals surface area (Å²) in [6.45, 7) is 0. The van der Waals surface area contributed by atoms with Crippen LogP contribution in [0.15, 0.2) is 36.4 Å². The molecule has 0 atom stereocenters. The van der Waals surface area contributed by atoms with E-state index in [-0.39, 0.29) is 22.5 Å². The second kappa shape index (κ2) is 7.02. The van der Waals surface area contributed by atoms with E-state index < -0.39 is 23.6 Å². The molecule has 0 aliphatic rings. The van der Waals surface area contributed by atoms with E-state index in [1.54, 1.807) is 0 Å². The molecule has 116 valence electrons. The third kappa shape index (κ3) is 4.44. The summed E-state index contributed by atoms with van der Waals surface area (Å²) in [5, 5.41) is 16.9. The Morgan fingerprint density at radius 2 is 1.09 bits per heavy atom. The molecule has 0 saturated heterocycles. The summed E-state index contributed by atoms with van der Waals surface area (Å²) in [6, 6.07) is 6.33. The number of rotatable bonds is 2. The average molecular weight is 310 g/mol. The van der Waals surface area contributed by atoms with Gasteiger partial charge in [-0.25, -0.2) is 18.4 Å². The molecule has 0 aliphatic heterocycles. The topological polar surface area (TPSA) is 127 Å². The highest BCUT2D eigenvalue weighted by atomic mass is 19.1. The van der Waals surface area contributed by atoms with E-state index in [1.165, 1.54) is 0 Å². The number of hydrogen-bond donors (Lipinski definition) is 4. The fourth-order valence-electron chi connectivity index (χ4n) is 1.46. The molecule has 0 spiro atoms. The van der Waals surface area contributed by atoms with Crippen molar-refractivity contribution >= 4 is 23.3 Å². The molecule has 0 fully saturated rings. The number of nitrogen functional groups attached to an aromatic ring is 2. The fourth-order valence-corrected chi connectivity index (χ4v) is 1.46. The number of carboxylic acids is 2. The van der Waals surface area contributed by atoms with Gasteiger partial charge in [0.05, 0.1) is 11.1 Å². The highest BCUT2D eigenvalue weighted by Crippen LogP contribution is 2.13. The van der Waals surface area contributed by atoms with Gasteiger partial charge >= 0.3 is 11.9 Å². The lowest BCUT2D eigenvalue weighted by molar-refractivity contribution is 0.0687. The molecule has 0 saturated carbocycles. The average Bonchev–Trinajstić information content (AvgIpc) is 2.38. The Balaban J connectivity index is 0.000000220. The first kappa shape index (κ1) is 16.9. The van der Waals surface area contributed by atoms with E-state index in [4.69, 9.17) is 21.7 Å². The minimum atomic E-state index is -1.15. The van der Waals surface area contributed by atoms with Crippen molar-refractivity contribution in [3.8, 4) is 0 Å². The lowest BCUT2D eigenvalue weighted by atomic mass is 10.2. The standard InChI is InChI=1S/2C7H6FNO2/c2*8-4-1-2-5(7(10)11)6(9)3-4/h2*1-3H,9H2,(H,10,11). The fraction of sp³-hybridized carbons (Fsp3) is 0. The summed E-state index contributed by atoms with van der Waals surface area (Å²) in [5.41, 5.74) is 10.1. The van der Waals surface area contributed by atoms with Crippen LogP contribution < -0.4 is 11.5 Å². The van der Waals surface area contributed by atoms with Crippen LogP contribution in [0.4, 0.5) is 20.2 Å². The van der Waals surface area contributed by atoms with Crippen molar-refractivity contribution in [3.63, 3.8) is 0 Å². The second-order valence-electron chi connectivity index (χ2n) is 4.07. The Hall–Kier alpha value is -3.16. The number of aromatic carboxylic acids is 2. The van der Waals surface area contributed by atoms with Crippen molar-refractivity contribution in [2.75, 3.05) is 11.5 Å². The van der Waals surface area contributed by atoms with Gasteiger partial charge in [-0.05, 0) is 36.4 Å². The Kier molecular flexibility index (Phi) is 5.39. The molecule has 0 aliphatic carbocycles. The zero-order chi connectivity index (χ0) is 16.9. The van der Waals surface area contributed by atoms with Gasteiger partial charge < -0.3 is 21.7 Å². The molecule has 2 aromatic rings. The molecule has 2 rings (SSSR count). The molecule has 0 aromatic heterocycles. The number of nitrogens with two attached hydrogens (primary N) is 2. The largest absolute Gasteiger partial charge is 0.478 e. The van der Waals surface area contributed by atoms with Crippen molar-refractivity contribution in [3.05, 3.63) is 59.2 Å². The van der Waals surface area contributed by atoms with E-state index in [2.05, 4.69) is 0 Å². The number of carboxylic acid groups (broad SMARTS) is 2. The highest BCUT2D eigenvalue weighted by Gasteiger charge is 2.07. The Morgan fingerprint density at radius 3 is 1.32 bits per heavy atom. The maximum absolute atomic E-state index is 12.3. The zero-order valence-electron chi connectivity index (χ0n) is 11.1. The van der Waals surface area contributed by atoms with E-state index in [1.807, 2.05) is 0 Å². The molecule has 0 heterocycles. The van der Waals surface area contributed by atoms with Gasteiger partial charge in [0, 0.05) is 11.4 Å². The van der Waals surface area contributed by atoms with E-state index in [9.17, 15) is 18.4 Å². The van der Waals surface area contributed by atoms with Crippen LogP contribution >= 0.6 is 0 Å². The quantitative estimate of drug-likeness (QED) is 0.630. The number of halogens is 2. The van der Waals surface area contributed by atoms with Gasteiger partial charge in [-0.1, -0.05) is 0 Å². The first-order chi connectivity index (χ1) is 10.2. The molecule has 0 unspecified atom stereocenters. The molecule has 6 N–H and O–H groups in total. The monoisotopic (exact) mass is 310 g/mol. The van der Waals surface area contributed by atoms with Gasteiger partial charge in [-0.3, -0.25) is 0 Å². The number of hydrogen-bond acceptors (Lipinski definition) is 4. The van der Waals surface area contributed by atoms with Crippen molar-refractivity contribution < 1.29 is 28.6 Å². The van der Waals surface area contributed by atoms with Crippen molar-refractivity contribution in [1.29, 1.82) is 0 Å². The summed E-state index contributed by atoms with van der Waals surface area (Å²) in [7, 11) is 0. The lowest BCUT2D eigenvalue weighted by Gasteiger charge is -1.98. The SMILES string of the molecule is Nc1cc(F)ccc1C(=O)O.Nc1cc(F)ccc1C(=O)O. The lowest BCUT2D eigenvalue weighted by Crippen LogP contribution is -2.02. The summed E-state index contributed by atoms with van der Waals surface area (Å²) in [6.07, 6.45) is 0. The molecule has 0 bridgehead atoms. The van der Waals surface area contributed by atoms with Crippen LogP contribution in [0.2, 0.25) is 0 Å². The van der Waals surface area contributed by atoms with Crippen LogP contribution in [-0.2, 0) is 0 Å². The van der Waals surface area contributed by atoms with Crippen LogP contribution in [0.25, 0.3) is 0 Å². The minimum Gasteiger partial charge on any atom is -0.478 e. The van der Waals surface area contributed by atoms with E-state index in [0.717, 1.165) is 36.4 Å². The second-order valence-corrected chi connectivity index (χ2v) is 4.07. The first-order valence-corrected chi connectivity index (χ1v) is 5.79. The van der Waals surface area contributed by atoms with Crippen LogP contribution in [0.1, 0.15) is 20.7 Å². The van der Waals surface area contributed by atoms with Gasteiger partial charge in [0.1, 0.15) is 11.6 Å². The summed E-state index contributed by atoms with van der Waals surface area (Å²) < 4.78 is 24.7. The van der Waals surface area contributed by atoms with Gasteiger partial charge in [0.15, 0.2) is 0 Å². The maximum atomic E-state index is 12.3. The molecule has 0 radical (unpaired) electrons. The van der Waals surface area contributed by atoms with Crippen molar-refractivity contribution in [1.82, 2.24) is 0 Å². The number of carbonyl (C=O) groups is 2. The van der Waals surface area contributed by atoms with E-state index >= 15 is 0 Å². The van der Waals surface area contributed by atoms with Gasteiger partial charge in [0.2, 0.25) is 0 Å². The zero-order valence-corrected chi connectivity index (χ0v) is 11.1. The molecule has 2 aromatic carbocycles. The summed E-state index contributed by atoms with van der Waals surface area (Å²) in [5.74, 6) is -3.37. The minimum absolute atomic E-state index is 0.0579. The van der Waals surface area contributed by atoms with Crippen LogP contribution in [0.5, 0.6) is 0 Å². The molecule has 0 amide bonds. The van der Waals surface area contributed by atoms with Gasteiger partial charge in [-0.15, -0.1) is 0 Å². The third-order valence-corrected chi connectivity index (χ3v) is 2.49. The molecular weight excluding hydrogens is 298 g/mol. The normalized spacial score (nSPS) is 9.55. The molecule has 22 heavy (non-hydrogen) atoms. The molecule has 6 nitrogen and oxygen atoms in total. The van der Waals surface area contributed by atoms with Gasteiger partial charge in [-0.2, -0.15) is 0 Å². The van der Waals surface area contributed by atoms with Crippen LogP contribution in [0, 0.1) is 11.6 Å². The Bertz CT molecular complexity index is 658. The highest BCUT2D eigenvalue weighted by molar-refractivity contribution is 5.93. The van der Waals surface area contributed by atoms with Crippen molar-refractivity contribution in [2.24, 2.45) is 0 Å². The van der Waals surface area contributed by atoms with Gasteiger partial charge in [0.25, 0.3) is 0 Å². The van der Waals surface area contributed by atoms with Crippen LogP contribution in [-0.4, -0.2) is 22.2 Å². The predicted octanol–water partition coefficient (Wildman–Crippen LogP) is 2.21. The summed E-state index contributed by atoms with van der Waals surface area (Å²) in [4.78, 5) is 20.7. The molecular formula is C14H12F2N2O4. The summed E-state index contributed by atoms with van der Waals surface area (Å²) >= 11 is 0. The Labute approximate surface area is 123 Å². The first-order valence-electron chi connectivity index (χ1n) is 5.79. The Morgan fingerprint density at radius 1 is 0.773 bits per heavy atom.